The Morgan fingerprint density at radius 3 is 2.40 bits per heavy atom. The molecule has 1 N–H and O–H groups in total. The fourth-order valence-electron chi connectivity index (χ4n) is 2.10. The molecule has 2 nitrogen and oxygen atoms in total. The Bertz CT molecular complexity index is 156. The van der Waals surface area contributed by atoms with Crippen molar-refractivity contribution in [3.05, 3.63) is 0 Å². The van der Waals surface area contributed by atoms with Crippen molar-refractivity contribution >= 4 is 0 Å². The van der Waals surface area contributed by atoms with E-state index in [1.807, 2.05) is 0 Å². The van der Waals surface area contributed by atoms with Crippen LogP contribution in [0.5, 0.6) is 0 Å². The van der Waals surface area contributed by atoms with E-state index in [4.69, 9.17) is 4.74 Å². The predicted octanol–water partition coefficient (Wildman–Crippen LogP) is 2.97. The van der Waals surface area contributed by atoms with E-state index in [0.717, 1.165) is 25.7 Å². The molecule has 0 heterocycles. The van der Waals surface area contributed by atoms with Crippen LogP contribution in [0, 0.1) is 5.92 Å². The van der Waals surface area contributed by atoms with Crippen LogP contribution in [0.2, 0.25) is 0 Å². The minimum atomic E-state index is 0.216. The lowest BCUT2D eigenvalue weighted by molar-refractivity contribution is 0.0840. The largest absolute Gasteiger partial charge is 0.380 e. The van der Waals surface area contributed by atoms with E-state index in [1.54, 1.807) is 0 Å². The van der Waals surface area contributed by atoms with Crippen LogP contribution in [0.15, 0.2) is 0 Å². The van der Waals surface area contributed by atoms with E-state index in [9.17, 15) is 0 Å². The molecule has 0 bridgehead atoms. The average molecular weight is 213 g/mol. The molecule has 1 saturated carbocycles. The van der Waals surface area contributed by atoms with Gasteiger partial charge in [-0.2, -0.15) is 0 Å². The highest BCUT2D eigenvalue weighted by atomic mass is 16.5. The van der Waals surface area contributed by atoms with Crippen LogP contribution in [0.3, 0.4) is 0 Å². The van der Waals surface area contributed by atoms with Crippen molar-refractivity contribution < 1.29 is 4.74 Å². The molecule has 1 rings (SSSR count). The smallest absolute Gasteiger partial charge is 0.0591 e. The second-order valence-electron chi connectivity index (χ2n) is 5.76. The van der Waals surface area contributed by atoms with Crippen LogP contribution in [0.1, 0.15) is 52.9 Å². The molecular formula is C13H27NO. The molecule has 0 aromatic carbocycles. The maximum atomic E-state index is 5.71. The number of nitrogens with one attached hydrogen (secondary N) is 1. The van der Waals surface area contributed by atoms with Gasteiger partial charge >= 0.3 is 0 Å². The van der Waals surface area contributed by atoms with E-state index in [0.29, 0.717) is 0 Å². The van der Waals surface area contributed by atoms with Gasteiger partial charge in [0, 0.05) is 18.7 Å². The monoisotopic (exact) mass is 213 g/mol. The van der Waals surface area contributed by atoms with Crippen molar-refractivity contribution in [3.63, 3.8) is 0 Å². The zero-order valence-corrected chi connectivity index (χ0v) is 10.6. The fourth-order valence-corrected chi connectivity index (χ4v) is 2.10. The first-order chi connectivity index (χ1) is 7.08. The quantitative estimate of drug-likeness (QED) is 0.709. The Labute approximate surface area is 94.8 Å². The fraction of sp³-hybridized carbons (Fsp3) is 1.00. The highest BCUT2D eigenvalue weighted by Gasteiger charge is 2.13. The zero-order valence-electron chi connectivity index (χ0n) is 10.6. The van der Waals surface area contributed by atoms with Gasteiger partial charge in [-0.3, -0.25) is 0 Å². The Balaban J connectivity index is 1.92. The number of ether oxygens (including phenoxy) is 1. The molecule has 0 atom stereocenters. The van der Waals surface area contributed by atoms with Crippen molar-refractivity contribution in [2.24, 2.45) is 5.92 Å². The molecule has 2 heteroatoms. The summed E-state index contributed by atoms with van der Waals surface area (Å²) in [5.41, 5.74) is 0.216. The van der Waals surface area contributed by atoms with Crippen molar-refractivity contribution in [1.82, 2.24) is 5.32 Å². The topological polar surface area (TPSA) is 21.3 Å². The molecule has 15 heavy (non-hydrogen) atoms. The van der Waals surface area contributed by atoms with E-state index in [-0.39, 0.29) is 5.54 Å². The molecule has 0 amide bonds. The Kier molecular flexibility index (Phi) is 5.62. The molecule has 1 aliphatic rings. The normalized spacial score (nSPS) is 19.4. The molecule has 0 aromatic heterocycles. The van der Waals surface area contributed by atoms with Gasteiger partial charge in [0.1, 0.15) is 0 Å². The van der Waals surface area contributed by atoms with Gasteiger partial charge in [0.2, 0.25) is 0 Å². The van der Waals surface area contributed by atoms with Gasteiger partial charge in [0.25, 0.3) is 0 Å². The van der Waals surface area contributed by atoms with Gasteiger partial charge in [0.05, 0.1) is 6.61 Å². The van der Waals surface area contributed by atoms with Crippen LogP contribution in [-0.2, 0) is 4.74 Å². The summed E-state index contributed by atoms with van der Waals surface area (Å²) in [7, 11) is 0. The number of hydrogen-bond donors (Lipinski definition) is 1. The van der Waals surface area contributed by atoms with E-state index in [1.165, 1.54) is 32.1 Å². The van der Waals surface area contributed by atoms with Crippen LogP contribution >= 0.6 is 0 Å². The summed E-state index contributed by atoms with van der Waals surface area (Å²) in [5.74, 6) is 0.841. The van der Waals surface area contributed by atoms with Crippen molar-refractivity contribution in [2.75, 3.05) is 19.8 Å². The van der Waals surface area contributed by atoms with Crippen molar-refractivity contribution in [2.45, 2.75) is 58.4 Å². The Morgan fingerprint density at radius 2 is 1.80 bits per heavy atom. The second-order valence-corrected chi connectivity index (χ2v) is 5.76. The summed E-state index contributed by atoms with van der Waals surface area (Å²) in [6.07, 6.45) is 7.02. The SMILES string of the molecule is CC(C)(C)NCCOCC1CCCCC1. The summed E-state index contributed by atoms with van der Waals surface area (Å²) >= 11 is 0. The Morgan fingerprint density at radius 1 is 1.13 bits per heavy atom. The minimum absolute atomic E-state index is 0.216. The summed E-state index contributed by atoms with van der Waals surface area (Å²) in [5, 5.41) is 3.43. The van der Waals surface area contributed by atoms with Crippen LogP contribution < -0.4 is 5.32 Å². The summed E-state index contributed by atoms with van der Waals surface area (Å²) in [6.45, 7) is 9.37. The van der Waals surface area contributed by atoms with Gasteiger partial charge in [-0.15, -0.1) is 0 Å². The first-order valence-corrected chi connectivity index (χ1v) is 6.41. The average Bonchev–Trinajstić information content (AvgIpc) is 2.17. The van der Waals surface area contributed by atoms with Gasteiger partial charge in [-0.05, 0) is 39.5 Å². The molecule has 1 fully saturated rings. The zero-order chi connectivity index (χ0) is 11.1. The standard InChI is InChI=1S/C13H27NO/c1-13(2,3)14-9-10-15-11-12-7-5-4-6-8-12/h12,14H,4-11H2,1-3H3. The number of rotatable bonds is 5. The molecule has 0 spiro atoms. The first kappa shape index (κ1) is 13.0. The molecule has 0 aliphatic heterocycles. The molecule has 90 valence electrons. The summed E-state index contributed by atoms with van der Waals surface area (Å²) in [4.78, 5) is 0. The van der Waals surface area contributed by atoms with E-state index < -0.39 is 0 Å². The third kappa shape index (κ3) is 6.91. The minimum Gasteiger partial charge on any atom is -0.380 e. The predicted molar refractivity (Wildman–Crippen MR) is 65.1 cm³/mol. The summed E-state index contributed by atoms with van der Waals surface area (Å²) < 4.78 is 5.71. The van der Waals surface area contributed by atoms with Crippen molar-refractivity contribution in [1.29, 1.82) is 0 Å². The molecular weight excluding hydrogens is 186 g/mol. The third-order valence-corrected chi connectivity index (χ3v) is 2.98. The van der Waals surface area contributed by atoms with Crippen LogP contribution in [0.25, 0.3) is 0 Å². The first-order valence-electron chi connectivity index (χ1n) is 6.41. The lowest BCUT2D eigenvalue weighted by atomic mass is 9.90. The lowest BCUT2D eigenvalue weighted by Gasteiger charge is -2.23. The van der Waals surface area contributed by atoms with Gasteiger partial charge in [0.15, 0.2) is 0 Å². The molecule has 0 radical (unpaired) electrons. The van der Waals surface area contributed by atoms with Crippen molar-refractivity contribution in [3.8, 4) is 0 Å². The molecule has 0 saturated heterocycles. The summed E-state index contributed by atoms with van der Waals surface area (Å²) in [6, 6.07) is 0. The molecule has 0 aromatic rings. The van der Waals surface area contributed by atoms with Crippen LogP contribution in [0.4, 0.5) is 0 Å². The van der Waals surface area contributed by atoms with Crippen LogP contribution in [-0.4, -0.2) is 25.3 Å². The lowest BCUT2D eigenvalue weighted by Crippen LogP contribution is -2.38. The Hall–Kier alpha value is -0.0800. The van der Waals surface area contributed by atoms with Gasteiger partial charge < -0.3 is 10.1 Å². The van der Waals surface area contributed by atoms with E-state index >= 15 is 0 Å². The second kappa shape index (κ2) is 6.49. The molecule has 1 aliphatic carbocycles. The number of hydrogen-bond acceptors (Lipinski definition) is 2. The van der Waals surface area contributed by atoms with E-state index in [2.05, 4.69) is 26.1 Å². The molecule has 0 unspecified atom stereocenters. The highest BCUT2D eigenvalue weighted by molar-refractivity contribution is 4.69. The maximum absolute atomic E-state index is 5.71. The van der Waals surface area contributed by atoms with Gasteiger partial charge in [-0.1, -0.05) is 19.3 Å². The van der Waals surface area contributed by atoms with Gasteiger partial charge in [-0.25, -0.2) is 0 Å². The highest BCUT2D eigenvalue weighted by Crippen LogP contribution is 2.23. The maximum Gasteiger partial charge on any atom is 0.0591 e. The third-order valence-electron chi connectivity index (χ3n) is 2.98.